The summed E-state index contributed by atoms with van der Waals surface area (Å²) in [6.07, 6.45) is 3.87. The Kier molecular flexibility index (Phi) is 4.66. The van der Waals surface area contributed by atoms with Gasteiger partial charge >= 0.3 is 5.97 Å². The Morgan fingerprint density at radius 1 is 1.39 bits per heavy atom. The molecule has 2 atom stereocenters. The summed E-state index contributed by atoms with van der Waals surface area (Å²) in [6, 6.07) is 6.20. The van der Waals surface area contributed by atoms with Gasteiger partial charge < -0.3 is 9.47 Å². The number of carbonyl (C=O) groups excluding carboxylic acids is 1. The zero-order chi connectivity index (χ0) is 16.2. The first-order valence-electron chi connectivity index (χ1n) is 7.54. The van der Waals surface area contributed by atoms with Crippen molar-refractivity contribution in [2.24, 2.45) is 0 Å². The van der Waals surface area contributed by atoms with Crippen LogP contribution in [-0.4, -0.2) is 40.3 Å². The molecule has 1 aromatic heterocycles. The lowest BCUT2D eigenvalue weighted by atomic mass is 10.2. The van der Waals surface area contributed by atoms with Gasteiger partial charge in [0.2, 0.25) is 0 Å². The minimum Gasteiger partial charge on any atom is -0.455 e. The molecular weight excluding hydrogens is 301 g/mol. The van der Waals surface area contributed by atoms with Crippen molar-refractivity contribution in [1.29, 1.82) is 0 Å². The monoisotopic (exact) mass is 319 g/mol. The molecule has 2 aromatic rings. The van der Waals surface area contributed by atoms with Crippen molar-refractivity contribution in [2.75, 3.05) is 7.11 Å². The number of rotatable bonds is 5. The smallest absolute Gasteiger partial charge is 0.360 e. The van der Waals surface area contributed by atoms with Crippen LogP contribution in [0.2, 0.25) is 0 Å². The van der Waals surface area contributed by atoms with Gasteiger partial charge in [0.05, 0.1) is 18.8 Å². The van der Waals surface area contributed by atoms with E-state index in [4.69, 9.17) is 9.47 Å². The molecule has 1 saturated carbocycles. The van der Waals surface area contributed by atoms with Gasteiger partial charge in [-0.2, -0.15) is 0 Å². The van der Waals surface area contributed by atoms with Crippen LogP contribution in [0.15, 0.2) is 30.5 Å². The Bertz CT molecular complexity index is 689. The van der Waals surface area contributed by atoms with Crippen molar-refractivity contribution in [3.8, 4) is 0 Å². The SMILES string of the molecule is CO[C@H]1CCC[C@H]1OC(=O)c1cn(Cc2cccc(F)c2)nn1. The van der Waals surface area contributed by atoms with Crippen molar-refractivity contribution in [3.05, 3.63) is 47.5 Å². The lowest BCUT2D eigenvalue weighted by Crippen LogP contribution is -2.27. The second-order valence-electron chi connectivity index (χ2n) is 5.58. The molecule has 0 radical (unpaired) electrons. The zero-order valence-electron chi connectivity index (χ0n) is 12.8. The molecule has 3 rings (SSSR count). The fourth-order valence-electron chi connectivity index (χ4n) is 2.79. The number of benzene rings is 1. The molecule has 122 valence electrons. The fourth-order valence-corrected chi connectivity index (χ4v) is 2.79. The molecule has 23 heavy (non-hydrogen) atoms. The molecule has 0 amide bonds. The molecule has 0 aliphatic heterocycles. The van der Waals surface area contributed by atoms with Crippen molar-refractivity contribution >= 4 is 5.97 Å². The normalized spacial score (nSPS) is 20.6. The van der Waals surface area contributed by atoms with E-state index in [9.17, 15) is 9.18 Å². The van der Waals surface area contributed by atoms with Crippen molar-refractivity contribution in [1.82, 2.24) is 15.0 Å². The molecule has 0 unspecified atom stereocenters. The number of hydrogen-bond acceptors (Lipinski definition) is 5. The summed E-state index contributed by atoms with van der Waals surface area (Å²) < 4.78 is 25.4. The maximum absolute atomic E-state index is 13.2. The van der Waals surface area contributed by atoms with Crippen molar-refractivity contribution in [2.45, 2.75) is 38.0 Å². The van der Waals surface area contributed by atoms with E-state index < -0.39 is 5.97 Å². The predicted molar refractivity (Wildman–Crippen MR) is 79.4 cm³/mol. The van der Waals surface area contributed by atoms with E-state index in [0.29, 0.717) is 6.54 Å². The number of carbonyl (C=O) groups is 1. The molecule has 6 nitrogen and oxygen atoms in total. The summed E-state index contributed by atoms with van der Waals surface area (Å²) in [5, 5.41) is 7.72. The molecule has 0 bridgehead atoms. The van der Waals surface area contributed by atoms with E-state index >= 15 is 0 Å². The van der Waals surface area contributed by atoms with E-state index in [1.165, 1.54) is 23.0 Å². The number of aromatic nitrogens is 3. The van der Waals surface area contributed by atoms with E-state index in [1.807, 2.05) is 0 Å². The highest BCUT2D eigenvalue weighted by Gasteiger charge is 2.31. The lowest BCUT2D eigenvalue weighted by Gasteiger charge is -2.17. The number of esters is 1. The highest BCUT2D eigenvalue weighted by Crippen LogP contribution is 2.25. The first-order chi connectivity index (χ1) is 11.2. The van der Waals surface area contributed by atoms with Gasteiger partial charge in [0.15, 0.2) is 5.69 Å². The highest BCUT2D eigenvalue weighted by atomic mass is 19.1. The van der Waals surface area contributed by atoms with Crippen molar-refractivity contribution in [3.63, 3.8) is 0 Å². The molecule has 7 heteroatoms. The number of hydrogen-bond donors (Lipinski definition) is 0. The minimum absolute atomic E-state index is 0.0544. The predicted octanol–water partition coefficient (Wildman–Crippen LogP) is 2.19. The van der Waals surface area contributed by atoms with Crippen LogP contribution in [0.5, 0.6) is 0 Å². The van der Waals surface area contributed by atoms with Crippen LogP contribution in [0.25, 0.3) is 0 Å². The minimum atomic E-state index is -0.510. The number of halogens is 1. The Balaban J connectivity index is 1.63. The largest absolute Gasteiger partial charge is 0.455 e. The molecule has 0 N–H and O–H groups in total. The summed E-state index contributed by atoms with van der Waals surface area (Å²) in [6.45, 7) is 0.335. The fraction of sp³-hybridized carbons (Fsp3) is 0.438. The number of methoxy groups -OCH3 is 1. The van der Waals surface area contributed by atoms with E-state index in [1.54, 1.807) is 19.2 Å². The summed E-state index contributed by atoms with van der Waals surface area (Å²) >= 11 is 0. The van der Waals surface area contributed by atoms with Gasteiger partial charge in [-0.25, -0.2) is 13.9 Å². The highest BCUT2D eigenvalue weighted by molar-refractivity contribution is 5.86. The van der Waals surface area contributed by atoms with Gasteiger partial charge in [0, 0.05) is 7.11 Å². The average Bonchev–Trinajstić information content (AvgIpc) is 3.16. The Morgan fingerprint density at radius 3 is 3.00 bits per heavy atom. The standard InChI is InChI=1S/C16H18FN3O3/c1-22-14-6-3-7-15(14)23-16(21)13-10-20(19-18-13)9-11-4-2-5-12(17)8-11/h2,4-5,8,10,14-15H,3,6-7,9H2,1H3/t14-,15+/m0/s1. The van der Waals surface area contributed by atoms with Crippen LogP contribution in [0.3, 0.4) is 0 Å². The lowest BCUT2D eigenvalue weighted by molar-refractivity contribution is -0.0210. The quantitative estimate of drug-likeness (QED) is 0.790. The van der Waals surface area contributed by atoms with E-state index in [2.05, 4.69) is 10.3 Å². The van der Waals surface area contributed by atoms with Gasteiger partial charge in [0.1, 0.15) is 11.9 Å². The third-order valence-electron chi connectivity index (χ3n) is 3.93. The van der Waals surface area contributed by atoms with Crippen LogP contribution in [0.4, 0.5) is 4.39 Å². The van der Waals surface area contributed by atoms with Gasteiger partial charge in [-0.3, -0.25) is 0 Å². The van der Waals surface area contributed by atoms with E-state index in [-0.39, 0.29) is 23.7 Å². The molecule has 1 aliphatic rings. The van der Waals surface area contributed by atoms with Crippen LogP contribution in [0, 0.1) is 5.82 Å². The summed E-state index contributed by atoms with van der Waals surface area (Å²) in [5.41, 5.74) is 0.883. The average molecular weight is 319 g/mol. The number of nitrogens with zero attached hydrogens (tertiary/aromatic N) is 3. The Labute approximate surface area is 133 Å². The zero-order valence-corrected chi connectivity index (χ0v) is 12.8. The summed E-state index contributed by atoms with van der Waals surface area (Å²) in [4.78, 5) is 12.1. The molecule has 0 saturated heterocycles. The molecule has 1 fully saturated rings. The second kappa shape index (κ2) is 6.87. The molecule has 0 spiro atoms. The van der Waals surface area contributed by atoms with Gasteiger partial charge in [-0.15, -0.1) is 5.10 Å². The Hall–Kier alpha value is -2.28. The summed E-state index contributed by atoms with van der Waals surface area (Å²) in [7, 11) is 1.62. The van der Waals surface area contributed by atoms with Crippen molar-refractivity contribution < 1.29 is 18.7 Å². The van der Waals surface area contributed by atoms with Crippen LogP contribution in [0.1, 0.15) is 35.3 Å². The third-order valence-corrected chi connectivity index (χ3v) is 3.93. The second-order valence-corrected chi connectivity index (χ2v) is 5.58. The molecule has 1 heterocycles. The van der Waals surface area contributed by atoms with Crippen LogP contribution < -0.4 is 0 Å². The van der Waals surface area contributed by atoms with E-state index in [0.717, 1.165) is 24.8 Å². The van der Waals surface area contributed by atoms with Gasteiger partial charge in [0.25, 0.3) is 0 Å². The molecule has 1 aliphatic carbocycles. The van der Waals surface area contributed by atoms with Gasteiger partial charge in [-0.05, 0) is 37.0 Å². The molecular formula is C16H18FN3O3. The third kappa shape index (κ3) is 3.73. The van der Waals surface area contributed by atoms with Crippen LogP contribution >= 0.6 is 0 Å². The first kappa shape index (κ1) is 15.6. The first-order valence-corrected chi connectivity index (χ1v) is 7.54. The maximum Gasteiger partial charge on any atom is 0.360 e. The van der Waals surface area contributed by atoms with Gasteiger partial charge in [-0.1, -0.05) is 17.3 Å². The Morgan fingerprint density at radius 2 is 2.22 bits per heavy atom. The maximum atomic E-state index is 13.2. The summed E-state index contributed by atoms with van der Waals surface area (Å²) in [5.74, 6) is -0.821. The topological polar surface area (TPSA) is 66.2 Å². The van der Waals surface area contributed by atoms with Crippen LogP contribution in [-0.2, 0) is 16.0 Å². The molecule has 1 aromatic carbocycles. The number of ether oxygens (including phenoxy) is 2.